The van der Waals surface area contributed by atoms with Gasteiger partial charge in [0.2, 0.25) is 0 Å². The van der Waals surface area contributed by atoms with Crippen molar-refractivity contribution in [1.82, 2.24) is 0 Å². The van der Waals surface area contributed by atoms with E-state index in [1.165, 1.54) is 5.48 Å². The van der Waals surface area contributed by atoms with Crippen LogP contribution in [0.4, 0.5) is 18.9 Å². The van der Waals surface area contributed by atoms with Gasteiger partial charge in [-0.25, -0.2) is 13.2 Å². The average Bonchev–Trinajstić information content (AvgIpc) is 2.01. The number of rotatable bonds is 1. The number of halogens is 3. The van der Waals surface area contributed by atoms with Gasteiger partial charge in [-0.1, -0.05) is 0 Å². The highest BCUT2D eigenvalue weighted by Crippen LogP contribution is 2.18. The fraction of sp³-hybridized carbons (Fsp3) is 0. The minimum Gasteiger partial charge on any atom is -0.291 e. The zero-order chi connectivity index (χ0) is 8.43. The Morgan fingerprint density at radius 3 is 2.27 bits per heavy atom. The minimum absolute atomic E-state index is 0.496. The SMILES string of the molecule is ONc1ccc(F)c(F)c1F. The topological polar surface area (TPSA) is 32.3 Å². The fourth-order valence-electron chi connectivity index (χ4n) is 0.612. The molecule has 0 saturated heterocycles. The molecular weight excluding hydrogens is 159 g/mol. The zero-order valence-electron chi connectivity index (χ0n) is 5.24. The molecule has 0 aliphatic heterocycles. The van der Waals surface area contributed by atoms with Gasteiger partial charge in [0.05, 0.1) is 5.69 Å². The average molecular weight is 163 g/mol. The Balaban J connectivity index is 3.25. The zero-order valence-corrected chi connectivity index (χ0v) is 5.24. The van der Waals surface area contributed by atoms with Crippen LogP contribution in [-0.4, -0.2) is 5.21 Å². The van der Waals surface area contributed by atoms with Gasteiger partial charge in [0.15, 0.2) is 17.5 Å². The van der Waals surface area contributed by atoms with Crippen LogP contribution in [0.25, 0.3) is 0 Å². The van der Waals surface area contributed by atoms with Gasteiger partial charge in [0, 0.05) is 0 Å². The summed E-state index contributed by atoms with van der Waals surface area (Å²) in [5, 5.41) is 8.15. The summed E-state index contributed by atoms with van der Waals surface area (Å²) in [5.41, 5.74) is 0.885. The lowest BCUT2D eigenvalue weighted by atomic mass is 10.3. The molecule has 0 heterocycles. The van der Waals surface area contributed by atoms with E-state index in [4.69, 9.17) is 5.21 Å². The number of nitrogens with one attached hydrogen (secondary N) is 1. The number of benzene rings is 1. The molecule has 0 fully saturated rings. The van der Waals surface area contributed by atoms with Gasteiger partial charge in [-0.05, 0) is 12.1 Å². The molecule has 1 aromatic rings. The lowest BCUT2D eigenvalue weighted by Crippen LogP contribution is -1.98. The van der Waals surface area contributed by atoms with E-state index in [1.807, 2.05) is 0 Å². The third-order valence-electron chi connectivity index (χ3n) is 1.16. The van der Waals surface area contributed by atoms with Gasteiger partial charge >= 0.3 is 0 Å². The fourth-order valence-corrected chi connectivity index (χ4v) is 0.612. The number of hydrogen-bond donors (Lipinski definition) is 2. The molecule has 0 aromatic heterocycles. The van der Waals surface area contributed by atoms with Crippen molar-refractivity contribution in [1.29, 1.82) is 0 Å². The highest BCUT2D eigenvalue weighted by molar-refractivity contribution is 5.42. The highest BCUT2D eigenvalue weighted by Gasteiger charge is 2.11. The van der Waals surface area contributed by atoms with Gasteiger partial charge in [-0.15, -0.1) is 0 Å². The van der Waals surface area contributed by atoms with Crippen LogP contribution in [0.3, 0.4) is 0 Å². The Bertz CT molecular complexity index is 277. The van der Waals surface area contributed by atoms with Crippen molar-refractivity contribution >= 4 is 5.69 Å². The van der Waals surface area contributed by atoms with E-state index in [1.54, 1.807) is 0 Å². The van der Waals surface area contributed by atoms with Crippen LogP contribution in [-0.2, 0) is 0 Å². The largest absolute Gasteiger partial charge is 0.291 e. The maximum atomic E-state index is 12.4. The van der Waals surface area contributed by atoms with E-state index >= 15 is 0 Å². The first-order valence-electron chi connectivity index (χ1n) is 2.70. The van der Waals surface area contributed by atoms with Crippen molar-refractivity contribution in [3.8, 4) is 0 Å². The quantitative estimate of drug-likeness (QED) is 0.489. The van der Waals surface area contributed by atoms with Gasteiger partial charge in [0.25, 0.3) is 0 Å². The molecule has 0 unspecified atom stereocenters. The van der Waals surface area contributed by atoms with Crippen LogP contribution in [0.2, 0.25) is 0 Å². The van der Waals surface area contributed by atoms with E-state index in [2.05, 4.69) is 0 Å². The molecule has 2 N–H and O–H groups in total. The van der Waals surface area contributed by atoms with Crippen molar-refractivity contribution in [3.05, 3.63) is 29.6 Å². The third-order valence-corrected chi connectivity index (χ3v) is 1.16. The van der Waals surface area contributed by atoms with Crippen molar-refractivity contribution in [2.45, 2.75) is 0 Å². The second-order valence-corrected chi connectivity index (χ2v) is 1.83. The van der Waals surface area contributed by atoms with Gasteiger partial charge in [-0.2, -0.15) is 0 Å². The Labute approximate surface area is 60.2 Å². The summed E-state index contributed by atoms with van der Waals surface area (Å²) in [6.07, 6.45) is 0. The molecule has 0 spiro atoms. The lowest BCUT2D eigenvalue weighted by molar-refractivity contribution is 0.377. The monoisotopic (exact) mass is 163 g/mol. The minimum atomic E-state index is -1.61. The number of anilines is 1. The first kappa shape index (κ1) is 7.87. The van der Waals surface area contributed by atoms with Crippen molar-refractivity contribution in [2.75, 3.05) is 5.48 Å². The smallest absolute Gasteiger partial charge is 0.196 e. The molecule has 2 nitrogen and oxygen atoms in total. The third kappa shape index (κ3) is 1.27. The molecule has 1 aromatic carbocycles. The molecular formula is C6H4F3NO. The summed E-state index contributed by atoms with van der Waals surface area (Å²) in [4.78, 5) is 0. The summed E-state index contributed by atoms with van der Waals surface area (Å²) in [6, 6.07) is 1.59. The Morgan fingerprint density at radius 2 is 1.73 bits per heavy atom. The van der Waals surface area contributed by atoms with Crippen LogP contribution in [0, 0.1) is 17.5 Å². The van der Waals surface area contributed by atoms with E-state index in [-0.39, 0.29) is 0 Å². The molecule has 0 saturated carbocycles. The second kappa shape index (κ2) is 2.79. The van der Waals surface area contributed by atoms with E-state index in [9.17, 15) is 13.2 Å². The van der Waals surface area contributed by atoms with Crippen LogP contribution in [0.5, 0.6) is 0 Å². The summed E-state index contributed by atoms with van der Waals surface area (Å²) < 4.78 is 36.9. The first-order chi connectivity index (χ1) is 5.16. The van der Waals surface area contributed by atoms with Crippen molar-refractivity contribution in [3.63, 3.8) is 0 Å². The molecule has 5 heteroatoms. The van der Waals surface area contributed by atoms with Gasteiger partial charge in [-0.3, -0.25) is 10.7 Å². The van der Waals surface area contributed by atoms with Gasteiger partial charge < -0.3 is 0 Å². The molecule has 0 amide bonds. The highest BCUT2D eigenvalue weighted by atomic mass is 19.2. The van der Waals surface area contributed by atoms with Crippen LogP contribution in [0.1, 0.15) is 0 Å². The Kier molecular flexibility index (Phi) is 2.00. The van der Waals surface area contributed by atoms with Crippen LogP contribution < -0.4 is 5.48 Å². The summed E-state index contributed by atoms with van der Waals surface area (Å²) >= 11 is 0. The normalized spacial score (nSPS) is 9.82. The number of hydrogen-bond acceptors (Lipinski definition) is 2. The molecule has 0 aliphatic carbocycles. The summed E-state index contributed by atoms with van der Waals surface area (Å²) in [6.45, 7) is 0. The standard InChI is InChI=1S/C6H4F3NO/c7-3-1-2-4(10-11)6(9)5(3)8/h1-2,10-11H. The predicted octanol–water partition coefficient (Wildman–Crippen LogP) is 1.90. The molecule has 0 atom stereocenters. The predicted molar refractivity (Wildman–Crippen MR) is 31.7 cm³/mol. The van der Waals surface area contributed by atoms with Crippen LogP contribution >= 0.6 is 0 Å². The van der Waals surface area contributed by atoms with E-state index in [0.717, 1.165) is 6.07 Å². The molecule has 11 heavy (non-hydrogen) atoms. The maximum absolute atomic E-state index is 12.4. The Hall–Kier alpha value is -1.23. The summed E-state index contributed by atoms with van der Waals surface area (Å²) in [5.74, 6) is -4.34. The maximum Gasteiger partial charge on any atom is 0.196 e. The van der Waals surface area contributed by atoms with Crippen LogP contribution in [0.15, 0.2) is 12.1 Å². The van der Waals surface area contributed by atoms with E-state index < -0.39 is 23.1 Å². The molecule has 0 aliphatic rings. The molecule has 1 rings (SSSR count). The Morgan fingerprint density at radius 1 is 1.09 bits per heavy atom. The molecule has 0 bridgehead atoms. The lowest BCUT2D eigenvalue weighted by Gasteiger charge is -2.00. The van der Waals surface area contributed by atoms with Gasteiger partial charge in [0.1, 0.15) is 0 Å². The summed E-state index contributed by atoms with van der Waals surface area (Å²) in [7, 11) is 0. The second-order valence-electron chi connectivity index (χ2n) is 1.83. The van der Waals surface area contributed by atoms with Crippen molar-refractivity contribution < 1.29 is 18.4 Å². The molecule has 60 valence electrons. The van der Waals surface area contributed by atoms with E-state index in [0.29, 0.717) is 6.07 Å². The van der Waals surface area contributed by atoms with Crippen molar-refractivity contribution in [2.24, 2.45) is 0 Å². The first-order valence-corrected chi connectivity index (χ1v) is 2.70. The molecule has 0 radical (unpaired) electrons.